The van der Waals surface area contributed by atoms with Gasteiger partial charge in [0.1, 0.15) is 16.3 Å². The van der Waals surface area contributed by atoms with E-state index in [0.29, 0.717) is 5.01 Å². The van der Waals surface area contributed by atoms with Crippen LogP contribution in [0.3, 0.4) is 0 Å². The predicted octanol–water partition coefficient (Wildman–Crippen LogP) is 1.03. The van der Waals surface area contributed by atoms with Gasteiger partial charge in [0.25, 0.3) is 0 Å². The summed E-state index contributed by atoms with van der Waals surface area (Å²) in [5.74, 6) is -1.89. The summed E-state index contributed by atoms with van der Waals surface area (Å²) in [5.41, 5.74) is -0.470. The van der Waals surface area contributed by atoms with E-state index in [9.17, 15) is 18.3 Å². The first kappa shape index (κ1) is 14.4. The van der Waals surface area contributed by atoms with Crippen LogP contribution in [0.4, 0.5) is 0 Å². The summed E-state index contributed by atoms with van der Waals surface area (Å²) in [5, 5.41) is 20.5. The molecule has 7 nitrogen and oxygen atoms in total. The highest BCUT2D eigenvalue weighted by atomic mass is 32.2. The number of carboxylic acids is 1. The molecule has 0 radical (unpaired) electrons. The summed E-state index contributed by atoms with van der Waals surface area (Å²) >= 11 is 1.30. The molecule has 9 heteroatoms. The molecule has 2 aromatic rings. The third-order valence-electron chi connectivity index (χ3n) is 2.41. The number of rotatable bonds is 5. The lowest BCUT2D eigenvalue weighted by atomic mass is 10.2. The second-order valence-electron chi connectivity index (χ2n) is 3.73. The number of hydrogen-bond acceptors (Lipinski definition) is 6. The van der Waals surface area contributed by atoms with Gasteiger partial charge in [-0.05, 0) is 18.2 Å². The molecule has 0 spiro atoms. The fourth-order valence-electron chi connectivity index (χ4n) is 1.43. The number of nitrogens with zero attached hydrogens (tertiary/aromatic N) is 1. The molecule has 0 saturated heterocycles. The van der Waals surface area contributed by atoms with E-state index in [1.54, 1.807) is 11.6 Å². The first-order valence-electron chi connectivity index (χ1n) is 5.34. The zero-order valence-corrected chi connectivity index (χ0v) is 11.6. The summed E-state index contributed by atoms with van der Waals surface area (Å²) in [6, 6.07) is 3.06. The van der Waals surface area contributed by atoms with E-state index in [4.69, 9.17) is 5.11 Å². The molecule has 2 rings (SSSR count). The van der Waals surface area contributed by atoms with Gasteiger partial charge in [0.05, 0.1) is 11.4 Å². The van der Waals surface area contributed by atoms with Crippen molar-refractivity contribution < 1.29 is 23.4 Å². The summed E-state index contributed by atoms with van der Waals surface area (Å²) in [6.07, 6.45) is 1.55. The normalized spacial score (nSPS) is 11.4. The van der Waals surface area contributed by atoms with E-state index in [1.165, 1.54) is 11.3 Å². The molecule has 1 heterocycles. The fraction of sp³-hybridized carbons (Fsp3) is 0.0909. The quantitative estimate of drug-likeness (QED) is 0.759. The van der Waals surface area contributed by atoms with Gasteiger partial charge in [-0.25, -0.2) is 22.9 Å². The molecule has 0 saturated carbocycles. The third-order valence-corrected chi connectivity index (χ3v) is 4.58. The van der Waals surface area contributed by atoms with Gasteiger partial charge in [-0.15, -0.1) is 11.3 Å². The summed E-state index contributed by atoms with van der Waals surface area (Å²) in [6.45, 7) is 0.0171. The van der Waals surface area contributed by atoms with Crippen LogP contribution in [-0.2, 0) is 16.6 Å². The van der Waals surface area contributed by atoms with E-state index in [0.717, 1.165) is 18.2 Å². The summed E-state index contributed by atoms with van der Waals surface area (Å²) in [4.78, 5) is 14.6. The molecule has 20 heavy (non-hydrogen) atoms. The van der Waals surface area contributed by atoms with Gasteiger partial charge >= 0.3 is 5.97 Å². The lowest BCUT2D eigenvalue weighted by molar-refractivity contribution is 0.0693. The molecule has 0 amide bonds. The largest absolute Gasteiger partial charge is 0.507 e. The average molecular weight is 314 g/mol. The Morgan fingerprint density at radius 1 is 1.40 bits per heavy atom. The van der Waals surface area contributed by atoms with E-state index >= 15 is 0 Å². The summed E-state index contributed by atoms with van der Waals surface area (Å²) in [7, 11) is -3.87. The Morgan fingerprint density at radius 3 is 2.75 bits per heavy atom. The van der Waals surface area contributed by atoms with Crippen molar-refractivity contribution in [3.05, 3.63) is 40.3 Å². The van der Waals surface area contributed by atoms with Crippen molar-refractivity contribution in [2.45, 2.75) is 11.4 Å². The van der Waals surface area contributed by atoms with Gasteiger partial charge in [0.15, 0.2) is 0 Å². The van der Waals surface area contributed by atoms with Crippen LogP contribution in [0, 0.1) is 0 Å². The number of aromatic nitrogens is 1. The number of carbonyl (C=O) groups is 1. The van der Waals surface area contributed by atoms with Gasteiger partial charge in [0.2, 0.25) is 10.0 Å². The van der Waals surface area contributed by atoms with Crippen LogP contribution in [0.15, 0.2) is 34.7 Å². The van der Waals surface area contributed by atoms with Gasteiger partial charge < -0.3 is 10.2 Å². The first-order valence-corrected chi connectivity index (χ1v) is 7.71. The highest BCUT2D eigenvalue weighted by molar-refractivity contribution is 7.89. The fourth-order valence-corrected chi connectivity index (χ4v) is 3.09. The molecule has 106 valence electrons. The number of sulfonamides is 1. The highest BCUT2D eigenvalue weighted by Gasteiger charge is 2.18. The molecule has 0 atom stereocenters. The molecular weight excluding hydrogens is 304 g/mol. The Morgan fingerprint density at radius 2 is 2.15 bits per heavy atom. The number of nitrogens with one attached hydrogen (secondary N) is 1. The number of benzene rings is 1. The van der Waals surface area contributed by atoms with Gasteiger partial charge in [0, 0.05) is 11.6 Å². The second-order valence-corrected chi connectivity index (χ2v) is 6.48. The Hall–Kier alpha value is -1.97. The molecule has 0 bridgehead atoms. The van der Waals surface area contributed by atoms with E-state index in [-0.39, 0.29) is 11.4 Å². The molecular formula is C11H10N2O5S2. The monoisotopic (exact) mass is 314 g/mol. The van der Waals surface area contributed by atoms with E-state index in [2.05, 4.69) is 9.71 Å². The van der Waals surface area contributed by atoms with Crippen molar-refractivity contribution in [2.24, 2.45) is 0 Å². The minimum absolute atomic E-state index is 0.0171. The van der Waals surface area contributed by atoms with Crippen LogP contribution in [0.25, 0.3) is 0 Å². The van der Waals surface area contributed by atoms with Crippen molar-refractivity contribution in [1.29, 1.82) is 0 Å². The SMILES string of the molecule is O=C(O)c1cc(S(=O)(=O)NCc2nccs2)ccc1O. The third kappa shape index (κ3) is 3.13. The molecule has 0 aliphatic carbocycles. The number of hydrogen-bond donors (Lipinski definition) is 3. The highest BCUT2D eigenvalue weighted by Crippen LogP contribution is 2.21. The zero-order valence-electron chi connectivity index (χ0n) is 9.98. The number of aromatic carboxylic acids is 1. The topological polar surface area (TPSA) is 117 Å². The number of carboxylic acid groups (broad SMARTS) is 1. The lowest BCUT2D eigenvalue weighted by Crippen LogP contribution is -2.23. The molecule has 0 aliphatic rings. The smallest absolute Gasteiger partial charge is 0.339 e. The van der Waals surface area contributed by atoms with Gasteiger partial charge in [-0.1, -0.05) is 0 Å². The number of aromatic hydroxyl groups is 1. The molecule has 3 N–H and O–H groups in total. The van der Waals surface area contributed by atoms with Crippen molar-refractivity contribution in [3.63, 3.8) is 0 Å². The molecule has 0 unspecified atom stereocenters. The lowest BCUT2D eigenvalue weighted by Gasteiger charge is -2.07. The Kier molecular flexibility index (Phi) is 4.02. The maximum atomic E-state index is 12.0. The molecule has 1 aromatic heterocycles. The first-order chi connectivity index (χ1) is 9.40. The van der Waals surface area contributed by atoms with Crippen molar-refractivity contribution in [1.82, 2.24) is 9.71 Å². The van der Waals surface area contributed by atoms with Gasteiger partial charge in [-0.3, -0.25) is 0 Å². The van der Waals surface area contributed by atoms with Crippen LogP contribution in [0.5, 0.6) is 5.75 Å². The van der Waals surface area contributed by atoms with Crippen LogP contribution in [0.1, 0.15) is 15.4 Å². The molecule has 0 fully saturated rings. The van der Waals surface area contributed by atoms with E-state index in [1.807, 2.05) is 0 Å². The Bertz CT molecular complexity index is 725. The number of phenols is 1. The van der Waals surface area contributed by atoms with Crippen LogP contribution in [0.2, 0.25) is 0 Å². The predicted molar refractivity (Wildman–Crippen MR) is 71.2 cm³/mol. The van der Waals surface area contributed by atoms with Crippen LogP contribution < -0.4 is 4.72 Å². The van der Waals surface area contributed by atoms with Crippen LogP contribution in [-0.4, -0.2) is 29.6 Å². The van der Waals surface area contributed by atoms with Crippen molar-refractivity contribution in [3.8, 4) is 5.75 Å². The number of thiazole rings is 1. The maximum absolute atomic E-state index is 12.0. The van der Waals surface area contributed by atoms with Gasteiger partial charge in [-0.2, -0.15) is 0 Å². The maximum Gasteiger partial charge on any atom is 0.339 e. The second kappa shape index (κ2) is 5.57. The van der Waals surface area contributed by atoms with E-state index < -0.39 is 27.3 Å². The Labute approximate surface area is 118 Å². The Balaban J connectivity index is 2.25. The average Bonchev–Trinajstić information content (AvgIpc) is 2.89. The molecule has 1 aromatic carbocycles. The molecule has 0 aliphatic heterocycles. The zero-order chi connectivity index (χ0) is 14.8. The van der Waals surface area contributed by atoms with Crippen LogP contribution >= 0.6 is 11.3 Å². The summed E-state index contributed by atoms with van der Waals surface area (Å²) < 4.78 is 26.3. The van der Waals surface area contributed by atoms with Crippen molar-refractivity contribution in [2.75, 3.05) is 0 Å². The standard InChI is InChI=1S/C11H10N2O5S2/c14-9-2-1-7(5-8(9)11(15)16)20(17,18)13-6-10-12-3-4-19-10/h1-5,13-14H,6H2,(H,15,16). The minimum Gasteiger partial charge on any atom is -0.507 e. The van der Waals surface area contributed by atoms with Crippen molar-refractivity contribution >= 4 is 27.3 Å². The minimum atomic E-state index is -3.87.